The molecule has 0 radical (unpaired) electrons. The smallest absolute Gasteiger partial charge is 0.274 e. The van der Waals surface area contributed by atoms with Gasteiger partial charge in [-0.15, -0.1) is 0 Å². The number of anilines is 3. The lowest BCUT2D eigenvalue weighted by Gasteiger charge is -2.13. The van der Waals surface area contributed by atoms with Crippen LogP contribution in [0.15, 0.2) is 54.7 Å². The van der Waals surface area contributed by atoms with Crippen LogP contribution in [0.5, 0.6) is 5.75 Å². The first-order chi connectivity index (χ1) is 13.1. The van der Waals surface area contributed by atoms with Crippen LogP contribution in [-0.4, -0.2) is 23.0 Å². The highest BCUT2D eigenvalue weighted by molar-refractivity contribution is 6.03. The van der Waals surface area contributed by atoms with E-state index < -0.39 is 0 Å². The molecular weight excluding hydrogens is 340 g/mol. The number of hydrogen-bond donors (Lipinski definition) is 2. The van der Waals surface area contributed by atoms with Gasteiger partial charge in [0.25, 0.3) is 5.91 Å². The molecule has 138 valence electrons. The van der Waals surface area contributed by atoms with E-state index in [0.717, 1.165) is 17.7 Å². The fourth-order valence-electron chi connectivity index (χ4n) is 2.79. The van der Waals surface area contributed by atoms with Gasteiger partial charge in [0.05, 0.1) is 12.8 Å². The average molecular weight is 362 g/mol. The summed E-state index contributed by atoms with van der Waals surface area (Å²) in [5.74, 6) is 0.642. The molecule has 0 fully saturated rings. The van der Waals surface area contributed by atoms with Gasteiger partial charge in [-0.05, 0) is 42.7 Å². The number of amides is 1. The van der Waals surface area contributed by atoms with E-state index in [0.29, 0.717) is 17.4 Å². The van der Waals surface area contributed by atoms with Gasteiger partial charge in [-0.3, -0.25) is 4.79 Å². The van der Waals surface area contributed by atoms with E-state index in [-0.39, 0.29) is 11.6 Å². The second-order valence-corrected chi connectivity index (χ2v) is 6.01. The van der Waals surface area contributed by atoms with E-state index in [1.807, 2.05) is 31.2 Å². The molecule has 0 saturated carbocycles. The number of rotatable bonds is 6. The summed E-state index contributed by atoms with van der Waals surface area (Å²) in [6, 6.07) is 14.9. The molecule has 0 unspecified atom stereocenters. The molecule has 6 heteroatoms. The second kappa shape index (κ2) is 8.31. The molecule has 3 rings (SSSR count). The molecule has 1 heterocycles. The maximum atomic E-state index is 12.6. The molecule has 27 heavy (non-hydrogen) atoms. The van der Waals surface area contributed by atoms with Crippen LogP contribution in [-0.2, 0) is 6.42 Å². The van der Waals surface area contributed by atoms with Crippen LogP contribution >= 0.6 is 0 Å². The maximum absolute atomic E-state index is 12.6. The van der Waals surface area contributed by atoms with Crippen molar-refractivity contribution >= 4 is 23.2 Å². The number of para-hydroxylation sites is 3. The van der Waals surface area contributed by atoms with E-state index in [1.165, 1.54) is 5.56 Å². The Labute approximate surface area is 158 Å². The Kier molecular flexibility index (Phi) is 5.66. The molecule has 3 aromatic rings. The number of nitrogens with one attached hydrogen (secondary N) is 2. The maximum Gasteiger partial charge on any atom is 0.274 e. The highest BCUT2D eigenvalue weighted by atomic mass is 16.5. The standard InChI is InChI=1S/C21H22N4O2/c1-4-15-9-7-8-14(2)19(15)25-21-22-13-12-17(24-21)20(26)23-16-10-5-6-11-18(16)27-3/h5-13H,4H2,1-3H3,(H,23,26)(H,22,24,25). The highest BCUT2D eigenvalue weighted by Gasteiger charge is 2.13. The van der Waals surface area contributed by atoms with Crippen LogP contribution in [0, 0.1) is 6.92 Å². The monoisotopic (exact) mass is 362 g/mol. The highest BCUT2D eigenvalue weighted by Crippen LogP contribution is 2.25. The third-order valence-electron chi connectivity index (χ3n) is 4.22. The quantitative estimate of drug-likeness (QED) is 0.682. The number of nitrogens with zero attached hydrogens (tertiary/aromatic N) is 2. The minimum Gasteiger partial charge on any atom is -0.495 e. The third kappa shape index (κ3) is 4.23. The van der Waals surface area contributed by atoms with Gasteiger partial charge in [-0.1, -0.05) is 37.3 Å². The molecule has 1 aromatic heterocycles. The lowest BCUT2D eigenvalue weighted by atomic mass is 10.1. The molecule has 0 atom stereocenters. The minimum atomic E-state index is -0.328. The zero-order valence-electron chi connectivity index (χ0n) is 15.6. The van der Waals surface area contributed by atoms with Gasteiger partial charge in [0.15, 0.2) is 0 Å². The Bertz CT molecular complexity index is 956. The fraction of sp³-hybridized carbons (Fsp3) is 0.190. The summed E-state index contributed by atoms with van der Waals surface area (Å²) in [5.41, 5.74) is 4.10. The average Bonchev–Trinajstić information content (AvgIpc) is 2.70. The van der Waals surface area contributed by atoms with Crippen molar-refractivity contribution < 1.29 is 9.53 Å². The van der Waals surface area contributed by atoms with E-state index in [1.54, 1.807) is 31.5 Å². The molecule has 0 saturated heterocycles. The SMILES string of the molecule is CCc1cccc(C)c1Nc1nccc(C(=O)Nc2ccccc2OC)n1. The van der Waals surface area contributed by atoms with E-state index in [2.05, 4.69) is 33.6 Å². The second-order valence-electron chi connectivity index (χ2n) is 6.01. The predicted molar refractivity (Wildman–Crippen MR) is 107 cm³/mol. The van der Waals surface area contributed by atoms with Crippen molar-refractivity contribution in [3.63, 3.8) is 0 Å². The topological polar surface area (TPSA) is 76.1 Å². The summed E-state index contributed by atoms with van der Waals surface area (Å²) in [6.07, 6.45) is 2.45. The lowest BCUT2D eigenvalue weighted by Crippen LogP contribution is -2.15. The number of aryl methyl sites for hydroxylation is 2. The molecule has 0 aliphatic rings. The van der Waals surface area contributed by atoms with E-state index >= 15 is 0 Å². The summed E-state index contributed by atoms with van der Waals surface area (Å²) < 4.78 is 5.26. The van der Waals surface area contributed by atoms with Gasteiger partial charge >= 0.3 is 0 Å². The normalized spacial score (nSPS) is 10.3. The van der Waals surface area contributed by atoms with Gasteiger partial charge in [0.1, 0.15) is 11.4 Å². The van der Waals surface area contributed by atoms with Gasteiger partial charge in [-0.25, -0.2) is 9.97 Å². The third-order valence-corrected chi connectivity index (χ3v) is 4.22. The summed E-state index contributed by atoms with van der Waals surface area (Å²) in [7, 11) is 1.56. The fourth-order valence-corrected chi connectivity index (χ4v) is 2.79. The van der Waals surface area contributed by atoms with E-state index in [9.17, 15) is 4.79 Å². The van der Waals surface area contributed by atoms with Gasteiger partial charge in [0, 0.05) is 11.9 Å². The van der Waals surface area contributed by atoms with Crippen molar-refractivity contribution in [3.8, 4) is 5.75 Å². The zero-order chi connectivity index (χ0) is 19.2. The Morgan fingerprint density at radius 2 is 1.93 bits per heavy atom. The van der Waals surface area contributed by atoms with Crippen molar-refractivity contribution in [2.24, 2.45) is 0 Å². The number of carbonyl (C=O) groups excluding carboxylic acids is 1. The van der Waals surface area contributed by atoms with Crippen LogP contribution in [0.4, 0.5) is 17.3 Å². The van der Waals surface area contributed by atoms with Gasteiger partial charge < -0.3 is 15.4 Å². The first-order valence-corrected chi connectivity index (χ1v) is 8.75. The molecule has 6 nitrogen and oxygen atoms in total. The van der Waals surface area contributed by atoms with Crippen molar-refractivity contribution in [2.75, 3.05) is 17.7 Å². The molecule has 0 spiro atoms. The van der Waals surface area contributed by atoms with Crippen LogP contribution in [0.1, 0.15) is 28.5 Å². The van der Waals surface area contributed by atoms with Gasteiger partial charge in [0.2, 0.25) is 5.95 Å². The summed E-state index contributed by atoms with van der Waals surface area (Å²) in [4.78, 5) is 21.2. The number of methoxy groups -OCH3 is 1. The molecule has 0 aliphatic carbocycles. The molecule has 0 aliphatic heterocycles. The number of benzene rings is 2. The molecular formula is C21H22N4O2. The zero-order valence-corrected chi connectivity index (χ0v) is 15.6. The van der Waals surface area contributed by atoms with Crippen molar-refractivity contribution in [1.82, 2.24) is 9.97 Å². The van der Waals surface area contributed by atoms with Crippen LogP contribution in [0.2, 0.25) is 0 Å². The first kappa shape index (κ1) is 18.4. The number of aromatic nitrogens is 2. The molecule has 0 bridgehead atoms. The lowest BCUT2D eigenvalue weighted by molar-refractivity contribution is 0.102. The Morgan fingerprint density at radius 3 is 2.70 bits per heavy atom. The largest absolute Gasteiger partial charge is 0.495 e. The molecule has 1 amide bonds. The van der Waals surface area contributed by atoms with Crippen LogP contribution in [0.3, 0.4) is 0 Å². The minimum absolute atomic E-state index is 0.269. The Balaban J connectivity index is 1.83. The summed E-state index contributed by atoms with van der Waals surface area (Å²) in [6.45, 7) is 4.12. The number of hydrogen-bond acceptors (Lipinski definition) is 5. The molecule has 2 N–H and O–H groups in total. The van der Waals surface area contributed by atoms with Crippen LogP contribution < -0.4 is 15.4 Å². The Hall–Kier alpha value is -3.41. The van der Waals surface area contributed by atoms with Crippen LogP contribution in [0.25, 0.3) is 0 Å². The van der Waals surface area contributed by atoms with Crippen molar-refractivity contribution in [3.05, 3.63) is 71.5 Å². The number of carbonyl (C=O) groups is 1. The van der Waals surface area contributed by atoms with Gasteiger partial charge in [-0.2, -0.15) is 0 Å². The van der Waals surface area contributed by atoms with E-state index in [4.69, 9.17) is 4.74 Å². The predicted octanol–water partition coefficient (Wildman–Crippen LogP) is 4.35. The van der Waals surface area contributed by atoms with Crippen molar-refractivity contribution in [1.29, 1.82) is 0 Å². The van der Waals surface area contributed by atoms with Crippen molar-refractivity contribution in [2.45, 2.75) is 20.3 Å². The Morgan fingerprint density at radius 1 is 1.11 bits per heavy atom. The molecule has 2 aromatic carbocycles. The summed E-state index contributed by atoms with van der Waals surface area (Å²) >= 11 is 0. The number of ether oxygens (including phenoxy) is 1. The first-order valence-electron chi connectivity index (χ1n) is 8.75. The summed E-state index contributed by atoms with van der Waals surface area (Å²) in [5, 5.41) is 6.07.